The van der Waals surface area contributed by atoms with Gasteiger partial charge in [0.25, 0.3) is 5.91 Å². The molecule has 2 aromatic carbocycles. The number of fused-ring (bicyclic) bond motifs is 2. The van der Waals surface area contributed by atoms with Gasteiger partial charge in [0.05, 0.1) is 11.6 Å². The number of hydrogen-bond donors (Lipinski definition) is 1. The zero-order valence-corrected chi connectivity index (χ0v) is 18.3. The van der Waals surface area contributed by atoms with Crippen molar-refractivity contribution in [2.75, 3.05) is 0 Å². The second-order valence-electron chi connectivity index (χ2n) is 9.43. The molecule has 0 saturated heterocycles. The van der Waals surface area contributed by atoms with Gasteiger partial charge in [0.2, 0.25) is 0 Å². The number of rotatable bonds is 6. The minimum Gasteiger partial charge on any atom is -0.490 e. The zero-order chi connectivity index (χ0) is 21.8. The first-order chi connectivity index (χ1) is 15.6. The highest BCUT2D eigenvalue weighted by molar-refractivity contribution is 6.30. The molecule has 1 aromatic heterocycles. The minimum atomic E-state index is -0.284. The summed E-state index contributed by atoms with van der Waals surface area (Å²) in [5.74, 6) is 2.70. The lowest BCUT2D eigenvalue weighted by atomic mass is 9.98. The van der Waals surface area contributed by atoms with E-state index >= 15 is 0 Å². The number of nitrogens with zero attached hydrogens (tertiary/aromatic N) is 1. The zero-order valence-electron chi connectivity index (χ0n) is 17.5. The standard InChI is InChI=1S/C26H24ClFN2O2/c27-16-5-3-15(4-6-16)26(31)30-25(14-1-2-14)24-19-12-18(13-20(19)24)32-23-9-10-29-22-8-7-17(28)11-21(22)23/h3-11,14,18-20,24-25H,1-2,12-13H2,(H,30,31)/t18-,19+,20-,24-,25-/m1/s1. The van der Waals surface area contributed by atoms with Gasteiger partial charge in [-0.05, 0) is 97.9 Å². The summed E-state index contributed by atoms with van der Waals surface area (Å²) in [6.45, 7) is 0. The number of amides is 1. The lowest BCUT2D eigenvalue weighted by molar-refractivity contribution is 0.0918. The van der Waals surface area contributed by atoms with Crippen molar-refractivity contribution in [3.05, 3.63) is 71.1 Å². The predicted molar refractivity (Wildman–Crippen MR) is 121 cm³/mol. The Hall–Kier alpha value is -2.66. The second kappa shape index (κ2) is 7.73. The highest BCUT2D eigenvalue weighted by atomic mass is 35.5. The molecule has 0 aliphatic heterocycles. The van der Waals surface area contributed by atoms with E-state index in [0.29, 0.717) is 40.0 Å². The van der Waals surface area contributed by atoms with Crippen LogP contribution in [0.4, 0.5) is 4.39 Å². The quantitative estimate of drug-likeness (QED) is 0.528. The van der Waals surface area contributed by atoms with Crippen LogP contribution in [0.15, 0.2) is 54.7 Å². The van der Waals surface area contributed by atoms with Crippen molar-refractivity contribution in [3.8, 4) is 5.75 Å². The van der Waals surface area contributed by atoms with E-state index in [1.165, 1.54) is 25.0 Å². The van der Waals surface area contributed by atoms with Crippen LogP contribution in [-0.2, 0) is 0 Å². The van der Waals surface area contributed by atoms with Crippen molar-refractivity contribution >= 4 is 28.4 Å². The fourth-order valence-corrected chi connectivity index (χ4v) is 5.79. The van der Waals surface area contributed by atoms with Crippen LogP contribution in [-0.4, -0.2) is 23.0 Å². The van der Waals surface area contributed by atoms with Crippen molar-refractivity contribution in [1.82, 2.24) is 10.3 Å². The molecule has 6 rings (SSSR count). The Labute approximate surface area is 191 Å². The summed E-state index contributed by atoms with van der Waals surface area (Å²) in [6.07, 6.45) is 6.18. The lowest BCUT2D eigenvalue weighted by Gasteiger charge is -2.23. The van der Waals surface area contributed by atoms with Crippen LogP contribution in [0.5, 0.6) is 5.75 Å². The van der Waals surface area contributed by atoms with Crippen LogP contribution in [0.1, 0.15) is 36.0 Å². The first-order valence-electron chi connectivity index (χ1n) is 11.3. The Balaban J connectivity index is 1.11. The minimum absolute atomic E-state index is 0.0124. The fraction of sp³-hybridized carbons (Fsp3) is 0.385. The Bertz CT molecular complexity index is 1170. The number of halogens is 2. The molecule has 1 N–H and O–H groups in total. The van der Waals surface area contributed by atoms with E-state index in [1.54, 1.807) is 36.5 Å². The van der Waals surface area contributed by atoms with Gasteiger partial charge in [0.15, 0.2) is 0 Å². The van der Waals surface area contributed by atoms with Crippen LogP contribution in [0.3, 0.4) is 0 Å². The maximum Gasteiger partial charge on any atom is 0.251 e. The Morgan fingerprint density at radius 1 is 1.09 bits per heavy atom. The van der Waals surface area contributed by atoms with Gasteiger partial charge in [-0.3, -0.25) is 9.78 Å². The largest absolute Gasteiger partial charge is 0.490 e. The molecule has 1 heterocycles. The van der Waals surface area contributed by atoms with Gasteiger partial charge >= 0.3 is 0 Å². The maximum atomic E-state index is 13.7. The van der Waals surface area contributed by atoms with Crippen LogP contribution in [0.2, 0.25) is 5.02 Å². The van der Waals surface area contributed by atoms with Crippen LogP contribution in [0, 0.1) is 29.5 Å². The average molecular weight is 451 g/mol. The van der Waals surface area contributed by atoms with Gasteiger partial charge < -0.3 is 10.1 Å². The van der Waals surface area contributed by atoms with Crippen LogP contribution in [0.25, 0.3) is 10.9 Å². The SMILES string of the molecule is O=C(N[C@H](C1CC1)[C@H]1[C@@H]2C[C@H](Oc3ccnc4ccc(F)cc34)C[C@@H]21)c1ccc(Cl)cc1. The van der Waals surface area contributed by atoms with E-state index in [-0.39, 0.29) is 23.9 Å². The molecule has 3 aromatic rings. The Kier molecular flexibility index (Phi) is 4.83. The molecule has 1 amide bonds. The van der Waals surface area contributed by atoms with E-state index in [1.807, 2.05) is 6.07 Å². The molecule has 32 heavy (non-hydrogen) atoms. The predicted octanol–water partition coefficient (Wildman–Crippen LogP) is 5.64. The monoisotopic (exact) mass is 450 g/mol. The highest BCUT2D eigenvalue weighted by Crippen LogP contribution is 2.62. The number of carbonyl (C=O) groups is 1. The number of pyridine rings is 1. The lowest BCUT2D eigenvalue weighted by Crippen LogP contribution is -2.39. The second-order valence-corrected chi connectivity index (χ2v) is 9.87. The highest BCUT2D eigenvalue weighted by Gasteiger charge is 2.61. The number of aromatic nitrogens is 1. The Morgan fingerprint density at radius 2 is 1.84 bits per heavy atom. The van der Waals surface area contributed by atoms with Gasteiger partial charge in [0.1, 0.15) is 11.6 Å². The number of ether oxygens (including phenoxy) is 1. The normalized spacial score (nSPS) is 27.1. The molecule has 0 unspecified atom stereocenters. The molecule has 3 aliphatic carbocycles. The van der Waals surface area contributed by atoms with Crippen molar-refractivity contribution in [3.63, 3.8) is 0 Å². The number of hydrogen-bond acceptors (Lipinski definition) is 3. The molecule has 3 fully saturated rings. The number of carbonyl (C=O) groups excluding carboxylic acids is 1. The first-order valence-corrected chi connectivity index (χ1v) is 11.7. The number of benzene rings is 2. The van der Waals surface area contributed by atoms with Crippen LogP contribution < -0.4 is 10.1 Å². The van der Waals surface area contributed by atoms with Gasteiger partial charge in [-0.1, -0.05) is 11.6 Å². The summed E-state index contributed by atoms with van der Waals surface area (Å²) in [6, 6.07) is 13.7. The van der Waals surface area contributed by atoms with E-state index in [9.17, 15) is 9.18 Å². The molecule has 164 valence electrons. The van der Waals surface area contributed by atoms with E-state index in [2.05, 4.69) is 10.3 Å². The van der Waals surface area contributed by atoms with Crippen LogP contribution >= 0.6 is 11.6 Å². The van der Waals surface area contributed by atoms with Gasteiger partial charge in [-0.25, -0.2) is 4.39 Å². The third-order valence-corrected chi connectivity index (χ3v) is 7.63. The van der Waals surface area contributed by atoms with Crippen molar-refractivity contribution in [2.45, 2.75) is 37.8 Å². The first kappa shape index (κ1) is 20.0. The molecule has 0 bridgehead atoms. The summed E-state index contributed by atoms with van der Waals surface area (Å²) in [5.41, 5.74) is 1.40. The molecule has 0 spiro atoms. The molecular formula is C26H24ClFN2O2. The fourth-order valence-electron chi connectivity index (χ4n) is 5.67. The van der Waals surface area contributed by atoms with Crippen molar-refractivity contribution in [2.24, 2.45) is 23.7 Å². The molecule has 3 aliphatic rings. The topological polar surface area (TPSA) is 51.2 Å². The summed E-state index contributed by atoms with van der Waals surface area (Å²) in [7, 11) is 0. The van der Waals surface area contributed by atoms with Gasteiger partial charge in [-0.2, -0.15) is 0 Å². The maximum absolute atomic E-state index is 13.7. The molecule has 6 heteroatoms. The van der Waals surface area contributed by atoms with Gasteiger partial charge in [0, 0.05) is 28.2 Å². The third kappa shape index (κ3) is 3.73. The third-order valence-electron chi connectivity index (χ3n) is 7.37. The molecule has 0 radical (unpaired) electrons. The van der Waals surface area contributed by atoms with E-state index in [0.717, 1.165) is 23.7 Å². The van der Waals surface area contributed by atoms with Gasteiger partial charge in [-0.15, -0.1) is 0 Å². The smallest absolute Gasteiger partial charge is 0.251 e. The molecule has 4 nitrogen and oxygen atoms in total. The van der Waals surface area contributed by atoms with Crippen molar-refractivity contribution in [1.29, 1.82) is 0 Å². The molecule has 5 atom stereocenters. The summed E-state index contributed by atoms with van der Waals surface area (Å²) >= 11 is 5.95. The number of nitrogens with one attached hydrogen (secondary N) is 1. The Morgan fingerprint density at radius 3 is 2.56 bits per heavy atom. The van der Waals surface area contributed by atoms with Crippen molar-refractivity contribution < 1.29 is 13.9 Å². The summed E-state index contributed by atoms with van der Waals surface area (Å²) in [5, 5.41) is 4.68. The van der Waals surface area contributed by atoms with E-state index in [4.69, 9.17) is 16.3 Å². The molecular weight excluding hydrogens is 427 g/mol. The van der Waals surface area contributed by atoms with E-state index < -0.39 is 0 Å². The molecule has 3 saturated carbocycles. The average Bonchev–Trinajstić information content (AvgIpc) is 3.70. The summed E-state index contributed by atoms with van der Waals surface area (Å²) in [4.78, 5) is 17.1. The summed E-state index contributed by atoms with van der Waals surface area (Å²) < 4.78 is 20.0.